The zero-order valence-electron chi connectivity index (χ0n) is 12.4. The Morgan fingerprint density at radius 3 is 2.71 bits per heavy atom. The maximum absolute atomic E-state index is 12.7. The van der Waals surface area contributed by atoms with Crippen molar-refractivity contribution in [3.8, 4) is 6.07 Å². The fourth-order valence-electron chi connectivity index (χ4n) is 2.55. The minimum absolute atomic E-state index is 0.0115. The molecule has 0 atom stereocenters. The summed E-state index contributed by atoms with van der Waals surface area (Å²) in [4.78, 5) is 17.5. The second kappa shape index (κ2) is 5.96. The zero-order chi connectivity index (χ0) is 17.3. The van der Waals surface area contributed by atoms with Gasteiger partial charge in [0.25, 0.3) is 5.56 Å². The van der Waals surface area contributed by atoms with E-state index < -0.39 is 17.4 Å². The van der Waals surface area contributed by atoms with E-state index in [1.807, 2.05) is 11.0 Å². The van der Waals surface area contributed by atoms with Crippen molar-refractivity contribution in [3.63, 3.8) is 0 Å². The number of hydrogen-bond donors (Lipinski definition) is 0. The molecule has 0 aromatic carbocycles. The van der Waals surface area contributed by atoms with Gasteiger partial charge in [0, 0.05) is 37.0 Å². The van der Waals surface area contributed by atoms with E-state index in [-0.39, 0.29) is 12.5 Å². The summed E-state index contributed by atoms with van der Waals surface area (Å²) in [6.45, 7) is 1.26. The van der Waals surface area contributed by atoms with Crippen LogP contribution in [0, 0.1) is 17.2 Å². The summed E-state index contributed by atoms with van der Waals surface area (Å²) in [6, 6.07) is 6.92. The third-order valence-corrected chi connectivity index (χ3v) is 3.77. The number of aromatic nitrogens is 3. The largest absolute Gasteiger partial charge is 0.435 e. The number of hydrogen-bond acceptors (Lipinski definition) is 5. The average Bonchev–Trinajstić information content (AvgIpc) is 2.51. The van der Waals surface area contributed by atoms with Crippen LogP contribution in [-0.2, 0) is 12.7 Å². The van der Waals surface area contributed by atoms with Crippen molar-refractivity contribution in [2.75, 3.05) is 18.0 Å². The molecule has 0 unspecified atom stereocenters. The van der Waals surface area contributed by atoms with Crippen LogP contribution in [-0.4, -0.2) is 27.9 Å². The standard InChI is InChI=1S/C15H12F3N5O/c16-15(17,18)13-1-2-14(24)23(21-13)9-10-7-22(8-10)12-3-4-20-11(5-12)6-19/h1-5,10H,7-9H2. The van der Waals surface area contributed by atoms with Gasteiger partial charge in [-0.1, -0.05) is 0 Å². The predicted molar refractivity (Wildman–Crippen MR) is 78.2 cm³/mol. The van der Waals surface area contributed by atoms with Crippen molar-refractivity contribution in [1.82, 2.24) is 14.8 Å². The monoisotopic (exact) mass is 335 g/mol. The van der Waals surface area contributed by atoms with E-state index in [0.717, 1.165) is 16.4 Å². The highest BCUT2D eigenvalue weighted by Crippen LogP contribution is 2.27. The summed E-state index contributed by atoms with van der Waals surface area (Å²) in [5.41, 5.74) is -0.517. The molecule has 0 amide bonds. The summed E-state index contributed by atoms with van der Waals surface area (Å²) in [6.07, 6.45) is -3.05. The van der Waals surface area contributed by atoms with Crippen LogP contribution in [0.2, 0.25) is 0 Å². The molecular formula is C15H12F3N5O. The summed E-state index contributed by atoms with van der Waals surface area (Å²) in [5.74, 6) is 0.0115. The molecular weight excluding hydrogens is 323 g/mol. The third-order valence-electron chi connectivity index (χ3n) is 3.77. The molecule has 0 saturated carbocycles. The van der Waals surface area contributed by atoms with E-state index in [0.29, 0.717) is 24.8 Å². The Kier molecular flexibility index (Phi) is 3.97. The summed E-state index contributed by atoms with van der Waals surface area (Å²) in [5, 5.41) is 12.2. The van der Waals surface area contributed by atoms with Gasteiger partial charge in [-0.2, -0.15) is 23.5 Å². The maximum atomic E-state index is 12.7. The molecule has 2 aromatic rings. The number of nitriles is 1. The average molecular weight is 335 g/mol. The smallest absolute Gasteiger partial charge is 0.371 e. The van der Waals surface area contributed by atoms with Crippen LogP contribution in [0.25, 0.3) is 0 Å². The highest BCUT2D eigenvalue weighted by Gasteiger charge is 2.34. The minimum Gasteiger partial charge on any atom is -0.371 e. The lowest BCUT2D eigenvalue weighted by molar-refractivity contribution is -0.142. The molecule has 0 radical (unpaired) electrons. The maximum Gasteiger partial charge on any atom is 0.435 e. The summed E-state index contributed by atoms with van der Waals surface area (Å²) >= 11 is 0. The molecule has 1 saturated heterocycles. The van der Waals surface area contributed by atoms with E-state index in [2.05, 4.69) is 10.1 Å². The minimum atomic E-state index is -4.58. The van der Waals surface area contributed by atoms with Gasteiger partial charge in [0.05, 0.1) is 6.54 Å². The van der Waals surface area contributed by atoms with Gasteiger partial charge in [-0.25, -0.2) is 9.67 Å². The van der Waals surface area contributed by atoms with Gasteiger partial charge in [-0.3, -0.25) is 4.79 Å². The number of nitrogens with zero attached hydrogens (tertiary/aromatic N) is 5. The van der Waals surface area contributed by atoms with Crippen molar-refractivity contribution >= 4 is 5.69 Å². The van der Waals surface area contributed by atoms with E-state index >= 15 is 0 Å². The van der Waals surface area contributed by atoms with Crippen molar-refractivity contribution in [2.45, 2.75) is 12.7 Å². The Hall–Kier alpha value is -2.89. The third kappa shape index (κ3) is 3.22. The van der Waals surface area contributed by atoms with Gasteiger partial charge in [0.1, 0.15) is 11.8 Å². The molecule has 0 bridgehead atoms. The van der Waals surface area contributed by atoms with Crippen LogP contribution >= 0.6 is 0 Å². The first-order valence-corrected chi connectivity index (χ1v) is 7.13. The van der Waals surface area contributed by atoms with Gasteiger partial charge in [-0.15, -0.1) is 0 Å². The molecule has 0 spiro atoms. The molecule has 1 aliphatic rings. The van der Waals surface area contributed by atoms with E-state index in [9.17, 15) is 18.0 Å². The Labute approximate surface area is 134 Å². The summed E-state index contributed by atoms with van der Waals surface area (Å²) < 4.78 is 38.9. The number of alkyl halides is 3. The Morgan fingerprint density at radius 1 is 1.29 bits per heavy atom. The molecule has 3 heterocycles. The number of anilines is 1. The number of halogens is 3. The van der Waals surface area contributed by atoms with Gasteiger partial charge in [0.15, 0.2) is 5.69 Å². The lowest BCUT2D eigenvalue weighted by Crippen LogP contribution is -2.49. The van der Waals surface area contributed by atoms with Crippen LogP contribution in [0.15, 0.2) is 35.3 Å². The first kappa shape index (κ1) is 16.0. The van der Waals surface area contributed by atoms with Crippen molar-refractivity contribution < 1.29 is 13.2 Å². The van der Waals surface area contributed by atoms with Crippen LogP contribution in [0.3, 0.4) is 0 Å². The van der Waals surface area contributed by atoms with Crippen LogP contribution in [0.5, 0.6) is 0 Å². The Bertz CT molecular complexity index is 849. The molecule has 24 heavy (non-hydrogen) atoms. The predicted octanol–water partition coefficient (Wildman–Crippen LogP) is 1.67. The van der Waals surface area contributed by atoms with Gasteiger partial charge in [0.2, 0.25) is 0 Å². The normalized spacial score (nSPS) is 15.0. The van der Waals surface area contributed by atoms with Gasteiger partial charge < -0.3 is 4.90 Å². The molecule has 0 aliphatic carbocycles. The number of rotatable bonds is 3. The van der Waals surface area contributed by atoms with Crippen molar-refractivity contribution in [1.29, 1.82) is 5.26 Å². The van der Waals surface area contributed by atoms with Crippen molar-refractivity contribution in [2.24, 2.45) is 5.92 Å². The zero-order valence-corrected chi connectivity index (χ0v) is 12.4. The molecule has 6 nitrogen and oxygen atoms in total. The second-order valence-corrected chi connectivity index (χ2v) is 5.52. The lowest BCUT2D eigenvalue weighted by Gasteiger charge is -2.41. The second-order valence-electron chi connectivity index (χ2n) is 5.52. The molecule has 124 valence electrons. The molecule has 9 heteroatoms. The Morgan fingerprint density at radius 2 is 2.04 bits per heavy atom. The van der Waals surface area contributed by atoms with Crippen LogP contribution in [0.1, 0.15) is 11.4 Å². The highest BCUT2D eigenvalue weighted by molar-refractivity contribution is 5.50. The van der Waals surface area contributed by atoms with Gasteiger partial charge >= 0.3 is 6.18 Å². The van der Waals surface area contributed by atoms with Crippen LogP contribution < -0.4 is 10.5 Å². The topological polar surface area (TPSA) is 74.8 Å². The molecule has 0 N–H and O–H groups in total. The first-order chi connectivity index (χ1) is 11.4. The highest BCUT2D eigenvalue weighted by atomic mass is 19.4. The van der Waals surface area contributed by atoms with Crippen LogP contribution in [0.4, 0.5) is 18.9 Å². The van der Waals surface area contributed by atoms with Gasteiger partial charge in [-0.05, 0) is 18.2 Å². The molecule has 3 rings (SSSR count). The molecule has 1 aliphatic heterocycles. The lowest BCUT2D eigenvalue weighted by atomic mass is 9.99. The fourth-order valence-corrected chi connectivity index (χ4v) is 2.55. The fraction of sp³-hybridized carbons (Fsp3) is 0.333. The molecule has 1 fully saturated rings. The quantitative estimate of drug-likeness (QED) is 0.853. The van der Waals surface area contributed by atoms with E-state index in [1.54, 1.807) is 12.1 Å². The first-order valence-electron chi connectivity index (χ1n) is 7.13. The van der Waals surface area contributed by atoms with Crippen molar-refractivity contribution in [3.05, 3.63) is 52.2 Å². The number of pyridine rings is 1. The molecule has 2 aromatic heterocycles. The SMILES string of the molecule is N#Cc1cc(N2CC(Cn3nc(C(F)(F)F)ccc3=O)C2)ccn1. The summed E-state index contributed by atoms with van der Waals surface area (Å²) in [7, 11) is 0. The Balaban J connectivity index is 1.67. The van der Waals surface area contributed by atoms with E-state index in [4.69, 9.17) is 5.26 Å². The van der Waals surface area contributed by atoms with E-state index in [1.165, 1.54) is 6.20 Å².